The predicted octanol–water partition coefficient (Wildman–Crippen LogP) is 4.67. The van der Waals surface area contributed by atoms with E-state index in [-0.39, 0.29) is 0 Å². The van der Waals surface area contributed by atoms with Gasteiger partial charge in [0, 0.05) is 12.1 Å². The second-order valence-electron chi connectivity index (χ2n) is 5.54. The second-order valence-corrected chi connectivity index (χ2v) is 5.54. The number of aromatic nitrogens is 2. The summed E-state index contributed by atoms with van der Waals surface area (Å²) in [5.41, 5.74) is 8.50. The fraction of sp³-hybridized carbons (Fsp3) is 0.500. The molecule has 0 spiro atoms. The highest BCUT2D eigenvalue weighted by Gasteiger charge is 2.14. The van der Waals surface area contributed by atoms with Gasteiger partial charge in [-0.25, -0.2) is 4.98 Å². The quantitative estimate of drug-likeness (QED) is 0.716. The van der Waals surface area contributed by atoms with Gasteiger partial charge in [-0.05, 0) is 19.8 Å². The highest BCUT2D eigenvalue weighted by molar-refractivity contribution is 5.60. The molecule has 21 heavy (non-hydrogen) atoms. The summed E-state index contributed by atoms with van der Waals surface area (Å²) in [5, 5.41) is 0. The summed E-state index contributed by atoms with van der Waals surface area (Å²) in [6.45, 7) is 5.22. The molecule has 0 aliphatic carbocycles. The fourth-order valence-corrected chi connectivity index (χ4v) is 2.72. The molecule has 1 aromatic heterocycles. The molecule has 2 rings (SSSR count). The molecule has 2 aromatic rings. The van der Waals surface area contributed by atoms with Crippen LogP contribution in [0.3, 0.4) is 0 Å². The Morgan fingerprint density at radius 3 is 2.38 bits per heavy atom. The summed E-state index contributed by atoms with van der Waals surface area (Å²) in [5.74, 6) is 1.84. The van der Waals surface area contributed by atoms with Gasteiger partial charge in [-0.1, -0.05) is 62.9 Å². The van der Waals surface area contributed by atoms with Crippen molar-refractivity contribution in [2.45, 2.75) is 58.9 Å². The minimum atomic E-state index is 0.840. The van der Waals surface area contributed by atoms with E-state index in [0.29, 0.717) is 0 Å². The van der Waals surface area contributed by atoms with Gasteiger partial charge in [0.05, 0.1) is 5.69 Å². The third kappa shape index (κ3) is 3.87. The lowest BCUT2D eigenvalue weighted by Crippen LogP contribution is -2.03. The van der Waals surface area contributed by atoms with Crippen LogP contribution >= 0.6 is 0 Å². The normalized spacial score (nSPS) is 11.0. The smallest absolute Gasteiger partial charge is 0.141 e. The molecule has 1 heterocycles. The van der Waals surface area contributed by atoms with Crippen molar-refractivity contribution in [2.75, 3.05) is 5.73 Å². The van der Waals surface area contributed by atoms with E-state index in [1.807, 2.05) is 18.2 Å². The lowest BCUT2D eigenvalue weighted by Gasteiger charge is -2.06. The Morgan fingerprint density at radius 2 is 1.71 bits per heavy atom. The fourth-order valence-electron chi connectivity index (χ4n) is 2.72. The third-order valence-corrected chi connectivity index (χ3v) is 3.95. The van der Waals surface area contributed by atoms with Crippen LogP contribution in [0.5, 0.6) is 0 Å². The molecule has 0 aliphatic heterocycles. The molecule has 3 heteroatoms. The first-order chi connectivity index (χ1) is 10.3. The van der Waals surface area contributed by atoms with Crippen LogP contribution in [0.15, 0.2) is 30.3 Å². The van der Waals surface area contributed by atoms with Gasteiger partial charge in [0.2, 0.25) is 0 Å². The van der Waals surface area contributed by atoms with Crippen LogP contribution in [-0.2, 0) is 13.0 Å². The third-order valence-electron chi connectivity index (χ3n) is 3.95. The Labute approximate surface area is 128 Å². The van der Waals surface area contributed by atoms with Crippen molar-refractivity contribution in [3.05, 3.63) is 36.0 Å². The van der Waals surface area contributed by atoms with Crippen LogP contribution < -0.4 is 5.73 Å². The number of hydrogen-bond acceptors (Lipinski definition) is 2. The molecule has 3 nitrogen and oxygen atoms in total. The van der Waals surface area contributed by atoms with E-state index in [1.165, 1.54) is 32.1 Å². The van der Waals surface area contributed by atoms with Crippen molar-refractivity contribution in [1.82, 2.24) is 9.55 Å². The molecule has 0 saturated carbocycles. The van der Waals surface area contributed by atoms with Crippen molar-refractivity contribution in [1.29, 1.82) is 0 Å². The molecule has 0 saturated heterocycles. The zero-order chi connectivity index (χ0) is 15.1. The monoisotopic (exact) mass is 285 g/mol. The van der Waals surface area contributed by atoms with Gasteiger partial charge in [0.1, 0.15) is 11.6 Å². The van der Waals surface area contributed by atoms with Crippen LogP contribution in [0, 0.1) is 0 Å². The van der Waals surface area contributed by atoms with Crippen molar-refractivity contribution >= 4 is 5.82 Å². The first-order valence-corrected chi connectivity index (χ1v) is 8.18. The zero-order valence-electron chi connectivity index (χ0n) is 13.3. The Hall–Kier alpha value is -1.77. The number of imidazole rings is 1. The minimum Gasteiger partial charge on any atom is -0.384 e. The van der Waals surface area contributed by atoms with Gasteiger partial charge in [-0.3, -0.25) is 0 Å². The summed E-state index contributed by atoms with van der Waals surface area (Å²) in [7, 11) is 0. The van der Waals surface area contributed by atoms with Crippen LogP contribution in [0.4, 0.5) is 5.82 Å². The van der Waals surface area contributed by atoms with E-state index >= 15 is 0 Å². The average molecular weight is 285 g/mol. The summed E-state index contributed by atoms with van der Waals surface area (Å²) in [6, 6.07) is 10.3. The first-order valence-electron chi connectivity index (χ1n) is 8.18. The van der Waals surface area contributed by atoms with Gasteiger partial charge in [0.15, 0.2) is 0 Å². The number of unbranched alkanes of at least 4 members (excludes halogenated alkanes) is 4. The van der Waals surface area contributed by atoms with Crippen molar-refractivity contribution in [3.63, 3.8) is 0 Å². The molecule has 0 unspecified atom stereocenters. The average Bonchev–Trinajstić information content (AvgIpc) is 2.84. The Morgan fingerprint density at radius 1 is 1.00 bits per heavy atom. The Balaban J connectivity index is 2.11. The topological polar surface area (TPSA) is 43.8 Å². The van der Waals surface area contributed by atoms with Crippen LogP contribution in [-0.4, -0.2) is 9.55 Å². The standard InChI is InChI=1S/C18H27N3/c1-3-5-6-7-11-14-16-17(19)21(4-2)18(20-16)15-12-9-8-10-13-15/h8-10,12-13H,3-7,11,14,19H2,1-2H3. The molecular formula is C18H27N3. The first kappa shape index (κ1) is 15.6. The van der Waals surface area contributed by atoms with E-state index in [9.17, 15) is 0 Å². The maximum atomic E-state index is 6.29. The van der Waals surface area contributed by atoms with Gasteiger partial charge in [0.25, 0.3) is 0 Å². The summed E-state index contributed by atoms with van der Waals surface area (Å²) < 4.78 is 2.12. The molecule has 0 radical (unpaired) electrons. The highest BCUT2D eigenvalue weighted by atomic mass is 15.1. The van der Waals surface area contributed by atoms with Gasteiger partial charge < -0.3 is 10.3 Å². The number of rotatable bonds is 8. The molecule has 0 atom stereocenters. The van der Waals surface area contributed by atoms with Crippen LogP contribution in [0.1, 0.15) is 51.6 Å². The van der Waals surface area contributed by atoms with Crippen LogP contribution in [0.25, 0.3) is 11.4 Å². The van der Waals surface area contributed by atoms with Crippen LogP contribution in [0.2, 0.25) is 0 Å². The maximum Gasteiger partial charge on any atom is 0.141 e. The molecule has 0 amide bonds. The number of benzene rings is 1. The van der Waals surface area contributed by atoms with Crippen molar-refractivity contribution in [3.8, 4) is 11.4 Å². The Kier molecular flexibility index (Phi) is 5.85. The van der Waals surface area contributed by atoms with E-state index in [0.717, 1.165) is 35.9 Å². The van der Waals surface area contributed by atoms with Gasteiger partial charge >= 0.3 is 0 Å². The highest BCUT2D eigenvalue weighted by Crippen LogP contribution is 2.25. The number of hydrogen-bond donors (Lipinski definition) is 1. The lowest BCUT2D eigenvalue weighted by atomic mass is 10.1. The molecule has 0 bridgehead atoms. The molecule has 0 fully saturated rings. The molecule has 114 valence electrons. The number of nitrogens with zero attached hydrogens (tertiary/aromatic N) is 2. The molecule has 1 aromatic carbocycles. The van der Waals surface area contributed by atoms with Gasteiger partial charge in [-0.2, -0.15) is 0 Å². The number of aryl methyl sites for hydroxylation is 1. The molecule has 2 N–H and O–H groups in total. The van der Waals surface area contributed by atoms with E-state index in [4.69, 9.17) is 10.7 Å². The van der Waals surface area contributed by atoms with E-state index < -0.39 is 0 Å². The van der Waals surface area contributed by atoms with E-state index in [2.05, 4.69) is 30.5 Å². The SMILES string of the molecule is CCCCCCCc1nc(-c2ccccc2)n(CC)c1N. The summed E-state index contributed by atoms with van der Waals surface area (Å²) in [4.78, 5) is 4.81. The lowest BCUT2D eigenvalue weighted by molar-refractivity contribution is 0.629. The summed E-state index contributed by atoms with van der Waals surface area (Å²) >= 11 is 0. The number of anilines is 1. The predicted molar refractivity (Wildman–Crippen MR) is 90.2 cm³/mol. The number of nitrogens with two attached hydrogens (primary N) is 1. The second kappa shape index (κ2) is 7.87. The van der Waals surface area contributed by atoms with Crippen molar-refractivity contribution in [2.24, 2.45) is 0 Å². The van der Waals surface area contributed by atoms with Crippen molar-refractivity contribution < 1.29 is 0 Å². The minimum absolute atomic E-state index is 0.840. The largest absolute Gasteiger partial charge is 0.384 e. The van der Waals surface area contributed by atoms with E-state index in [1.54, 1.807) is 0 Å². The molecule has 0 aliphatic rings. The number of nitrogen functional groups attached to an aromatic ring is 1. The molecular weight excluding hydrogens is 258 g/mol. The zero-order valence-corrected chi connectivity index (χ0v) is 13.3. The Bertz CT molecular complexity index is 543. The maximum absolute atomic E-state index is 6.29. The summed E-state index contributed by atoms with van der Waals surface area (Å²) in [6.07, 6.45) is 7.36. The van der Waals surface area contributed by atoms with Gasteiger partial charge in [-0.15, -0.1) is 0 Å².